The molecule has 0 saturated heterocycles. The Labute approximate surface area is 116 Å². The number of unbranched alkanes of at least 4 members (excludes halogenated alkanes) is 3. The van der Waals surface area contributed by atoms with Crippen LogP contribution >= 0.6 is 0 Å². The Balaban J connectivity index is 2.45. The molecule has 106 valence electrons. The van der Waals surface area contributed by atoms with Crippen molar-refractivity contribution in [1.29, 1.82) is 0 Å². The molecule has 3 nitrogen and oxygen atoms in total. The minimum absolute atomic E-state index is 0.225. The van der Waals surface area contributed by atoms with E-state index >= 15 is 0 Å². The van der Waals surface area contributed by atoms with Crippen LogP contribution in [-0.2, 0) is 17.9 Å². The minimum atomic E-state index is 0.225. The third-order valence-corrected chi connectivity index (χ3v) is 3.42. The van der Waals surface area contributed by atoms with Crippen molar-refractivity contribution in [3.05, 3.63) is 35.4 Å². The first-order chi connectivity index (χ1) is 9.19. The standard InChI is InChI=1S/C16H26N2O/c1-3-4-5-6-11-16(19)18(2)13-15-10-8-7-9-14(15)12-17/h7-10H,3-6,11-13,17H2,1-2H3. The third-order valence-electron chi connectivity index (χ3n) is 3.42. The summed E-state index contributed by atoms with van der Waals surface area (Å²) in [5.74, 6) is 0.225. The maximum atomic E-state index is 12.0. The lowest BCUT2D eigenvalue weighted by atomic mass is 10.1. The highest BCUT2D eigenvalue weighted by Crippen LogP contribution is 2.12. The molecule has 0 bridgehead atoms. The highest BCUT2D eigenvalue weighted by molar-refractivity contribution is 5.75. The summed E-state index contributed by atoms with van der Waals surface area (Å²) in [5, 5.41) is 0. The molecular weight excluding hydrogens is 236 g/mol. The van der Waals surface area contributed by atoms with Gasteiger partial charge in [0, 0.05) is 26.6 Å². The van der Waals surface area contributed by atoms with Gasteiger partial charge in [-0.3, -0.25) is 4.79 Å². The topological polar surface area (TPSA) is 46.3 Å². The smallest absolute Gasteiger partial charge is 0.222 e. The van der Waals surface area contributed by atoms with E-state index in [4.69, 9.17) is 5.73 Å². The van der Waals surface area contributed by atoms with E-state index in [0.29, 0.717) is 19.5 Å². The average Bonchev–Trinajstić information content (AvgIpc) is 2.44. The van der Waals surface area contributed by atoms with Gasteiger partial charge in [-0.1, -0.05) is 50.5 Å². The van der Waals surface area contributed by atoms with Crippen LogP contribution in [-0.4, -0.2) is 17.9 Å². The molecule has 0 heterocycles. The Morgan fingerprint density at radius 2 is 1.84 bits per heavy atom. The van der Waals surface area contributed by atoms with Gasteiger partial charge < -0.3 is 10.6 Å². The number of hydrogen-bond acceptors (Lipinski definition) is 2. The van der Waals surface area contributed by atoms with E-state index in [1.165, 1.54) is 12.8 Å². The van der Waals surface area contributed by atoms with Crippen LogP contribution in [0.2, 0.25) is 0 Å². The largest absolute Gasteiger partial charge is 0.341 e. The van der Waals surface area contributed by atoms with E-state index in [1.807, 2.05) is 31.3 Å². The van der Waals surface area contributed by atoms with Crippen LogP contribution in [0.4, 0.5) is 0 Å². The summed E-state index contributed by atoms with van der Waals surface area (Å²) < 4.78 is 0. The van der Waals surface area contributed by atoms with Crippen molar-refractivity contribution in [2.75, 3.05) is 7.05 Å². The lowest BCUT2D eigenvalue weighted by molar-refractivity contribution is -0.130. The molecule has 1 rings (SSSR count). The number of hydrogen-bond donors (Lipinski definition) is 1. The highest BCUT2D eigenvalue weighted by atomic mass is 16.2. The summed E-state index contributed by atoms with van der Waals surface area (Å²) in [6.45, 7) is 3.35. The Hall–Kier alpha value is -1.35. The molecule has 2 N–H and O–H groups in total. The van der Waals surface area contributed by atoms with Gasteiger partial charge in [-0.15, -0.1) is 0 Å². The molecule has 0 fully saturated rings. The van der Waals surface area contributed by atoms with Crippen molar-refractivity contribution in [2.24, 2.45) is 5.73 Å². The molecule has 1 aromatic carbocycles. The summed E-state index contributed by atoms with van der Waals surface area (Å²) in [7, 11) is 1.87. The summed E-state index contributed by atoms with van der Waals surface area (Å²) >= 11 is 0. The molecule has 1 amide bonds. The monoisotopic (exact) mass is 262 g/mol. The fraction of sp³-hybridized carbons (Fsp3) is 0.562. The highest BCUT2D eigenvalue weighted by Gasteiger charge is 2.10. The van der Waals surface area contributed by atoms with Gasteiger partial charge in [-0.05, 0) is 17.5 Å². The molecule has 0 radical (unpaired) electrons. The van der Waals surface area contributed by atoms with Gasteiger partial charge in [-0.2, -0.15) is 0 Å². The number of carbonyl (C=O) groups excluding carboxylic acids is 1. The second kappa shape index (κ2) is 8.70. The van der Waals surface area contributed by atoms with Crippen LogP contribution in [0.1, 0.15) is 50.2 Å². The van der Waals surface area contributed by atoms with E-state index in [2.05, 4.69) is 6.92 Å². The number of rotatable bonds is 8. The number of nitrogens with two attached hydrogens (primary N) is 1. The van der Waals surface area contributed by atoms with Crippen LogP contribution in [0.3, 0.4) is 0 Å². The maximum Gasteiger partial charge on any atom is 0.222 e. The van der Waals surface area contributed by atoms with Crippen LogP contribution in [0.15, 0.2) is 24.3 Å². The first-order valence-electron chi connectivity index (χ1n) is 7.19. The summed E-state index contributed by atoms with van der Waals surface area (Å²) in [5.41, 5.74) is 7.98. The molecule has 0 aromatic heterocycles. The van der Waals surface area contributed by atoms with Crippen molar-refractivity contribution in [2.45, 2.75) is 52.1 Å². The average molecular weight is 262 g/mol. The van der Waals surface area contributed by atoms with Gasteiger partial charge in [0.1, 0.15) is 0 Å². The zero-order valence-electron chi connectivity index (χ0n) is 12.2. The first-order valence-corrected chi connectivity index (χ1v) is 7.19. The fourth-order valence-corrected chi connectivity index (χ4v) is 2.15. The molecule has 0 unspecified atom stereocenters. The number of carbonyl (C=O) groups is 1. The van der Waals surface area contributed by atoms with E-state index in [-0.39, 0.29) is 5.91 Å². The summed E-state index contributed by atoms with van der Waals surface area (Å²) in [6.07, 6.45) is 5.22. The summed E-state index contributed by atoms with van der Waals surface area (Å²) in [6, 6.07) is 8.05. The lowest BCUT2D eigenvalue weighted by Gasteiger charge is -2.19. The van der Waals surface area contributed by atoms with Gasteiger partial charge in [0.15, 0.2) is 0 Å². The molecule has 0 aliphatic carbocycles. The third kappa shape index (κ3) is 5.43. The Morgan fingerprint density at radius 1 is 1.16 bits per heavy atom. The molecule has 0 atom stereocenters. The van der Waals surface area contributed by atoms with Crippen molar-refractivity contribution in [1.82, 2.24) is 4.90 Å². The van der Waals surface area contributed by atoms with Crippen LogP contribution < -0.4 is 5.73 Å². The number of benzene rings is 1. The van der Waals surface area contributed by atoms with Crippen molar-refractivity contribution in [3.8, 4) is 0 Å². The van der Waals surface area contributed by atoms with Crippen molar-refractivity contribution in [3.63, 3.8) is 0 Å². The Kier molecular flexibility index (Phi) is 7.19. The maximum absolute atomic E-state index is 12.0. The van der Waals surface area contributed by atoms with Crippen molar-refractivity contribution < 1.29 is 4.79 Å². The van der Waals surface area contributed by atoms with Crippen LogP contribution in [0.5, 0.6) is 0 Å². The predicted octanol–water partition coefficient (Wildman–Crippen LogP) is 3.07. The molecule has 0 aliphatic heterocycles. The molecule has 0 saturated carbocycles. The molecular formula is C16H26N2O. The van der Waals surface area contributed by atoms with Gasteiger partial charge >= 0.3 is 0 Å². The van der Waals surface area contributed by atoms with Gasteiger partial charge in [-0.25, -0.2) is 0 Å². The fourth-order valence-electron chi connectivity index (χ4n) is 2.15. The van der Waals surface area contributed by atoms with Gasteiger partial charge in [0.2, 0.25) is 5.91 Å². The van der Waals surface area contributed by atoms with Gasteiger partial charge in [0.05, 0.1) is 0 Å². The van der Waals surface area contributed by atoms with Gasteiger partial charge in [0.25, 0.3) is 0 Å². The number of amides is 1. The van der Waals surface area contributed by atoms with Crippen LogP contribution in [0, 0.1) is 0 Å². The quantitative estimate of drug-likeness (QED) is 0.732. The molecule has 19 heavy (non-hydrogen) atoms. The second-order valence-corrected chi connectivity index (χ2v) is 5.03. The normalized spacial score (nSPS) is 10.5. The Bertz CT molecular complexity index is 390. The molecule has 0 spiro atoms. The first kappa shape index (κ1) is 15.7. The second-order valence-electron chi connectivity index (χ2n) is 5.03. The molecule has 0 aliphatic rings. The van der Waals surface area contributed by atoms with E-state index < -0.39 is 0 Å². The zero-order chi connectivity index (χ0) is 14.1. The van der Waals surface area contributed by atoms with E-state index in [9.17, 15) is 4.79 Å². The zero-order valence-corrected chi connectivity index (χ0v) is 12.2. The van der Waals surface area contributed by atoms with Crippen LogP contribution in [0.25, 0.3) is 0 Å². The van der Waals surface area contributed by atoms with E-state index in [1.54, 1.807) is 4.90 Å². The van der Waals surface area contributed by atoms with Crippen molar-refractivity contribution >= 4 is 5.91 Å². The minimum Gasteiger partial charge on any atom is -0.341 e. The van der Waals surface area contributed by atoms with E-state index in [0.717, 1.165) is 24.0 Å². The number of nitrogens with zero attached hydrogens (tertiary/aromatic N) is 1. The SMILES string of the molecule is CCCCCCC(=O)N(C)Cc1ccccc1CN. The Morgan fingerprint density at radius 3 is 2.47 bits per heavy atom. The molecule has 1 aromatic rings. The lowest BCUT2D eigenvalue weighted by Crippen LogP contribution is -2.26. The molecule has 3 heteroatoms. The predicted molar refractivity (Wildman–Crippen MR) is 79.6 cm³/mol. The summed E-state index contributed by atoms with van der Waals surface area (Å²) in [4.78, 5) is 13.8.